The zero-order chi connectivity index (χ0) is 14.4. The Kier molecular flexibility index (Phi) is 6.48. The van der Waals surface area contributed by atoms with Gasteiger partial charge >= 0.3 is 0 Å². The average Bonchev–Trinajstić information content (AvgIpc) is 2.42. The summed E-state index contributed by atoms with van der Waals surface area (Å²) in [5.41, 5.74) is 0.824. The molecule has 1 aromatic rings. The van der Waals surface area contributed by atoms with Gasteiger partial charge in [0.25, 0.3) is 0 Å². The predicted molar refractivity (Wildman–Crippen MR) is 79.9 cm³/mol. The van der Waals surface area contributed by atoms with Gasteiger partial charge in [-0.15, -0.1) is 0 Å². The minimum absolute atomic E-state index is 0.0314. The van der Waals surface area contributed by atoms with E-state index in [0.29, 0.717) is 13.1 Å². The van der Waals surface area contributed by atoms with Crippen LogP contribution in [0.25, 0.3) is 0 Å². The number of amides is 1. The molecule has 1 amide bonds. The zero-order valence-corrected chi connectivity index (χ0v) is 13.1. The number of aliphatic hydroxyl groups excluding tert-OH is 1. The molecule has 19 heavy (non-hydrogen) atoms. The zero-order valence-electron chi connectivity index (χ0n) is 11.6. The van der Waals surface area contributed by atoms with Gasteiger partial charge in [0.15, 0.2) is 0 Å². The number of halogens is 1. The molecule has 0 bridgehead atoms. The van der Waals surface area contributed by atoms with E-state index in [-0.39, 0.29) is 11.9 Å². The van der Waals surface area contributed by atoms with Crippen LogP contribution in [0.1, 0.15) is 25.5 Å². The van der Waals surface area contributed by atoms with Crippen molar-refractivity contribution in [3.8, 4) is 0 Å². The quantitative estimate of drug-likeness (QED) is 0.839. The van der Waals surface area contributed by atoms with Gasteiger partial charge in [0.2, 0.25) is 5.91 Å². The van der Waals surface area contributed by atoms with E-state index < -0.39 is 6.10 Å². The van der Waals surface area contributed by atoms with Gasteiger partial charge in [-0.05, 0) is 31.5 Å². The Labute approximate surface area is 122 Å². The highest BCUT2D eigenvalue weighted by Gasteiger charge is 2.17. The molecule has 1 rings (SSSR count). The number of rotatable bonds is 6. The Balaban J connectivity index is 2.50. The van der Waals surface area contributed by atoms with Crippen molar-refractivity contribution in [2.24, 2.45) is 0 Å². The van der Waals surface area contributed by atoms with Crippen molar-refractivity contribution in [3.05, 3.63) is 34.3 Å². The molecule has 0 saturated carbocycles. The maximum atomic E-state index is 11.9. The van der Waals surface area contributed by atoms with Crippen LogP contribution >= 0.6 is 15.9 Å². The molecule has 2 N–H and O–H groups in total. The first-order valence-corrected chi connectivity index (χ1v) is 7.17. The van der Waals surface area contributed by atoms with Crippen molar-refractivity contribution in [3.63, 3.8) is 0 Å². The Morgan fingerprint density at radius 1 is 1.53 bits per heavy atom. The van der Waals surface area contributed by atoms with Crippen molar-refractivity contribution < 1.29 is 9.90 Å². The fourth-order valence-corrected chi connectivity index (χ4v) is 2.11. The van der Waals surface area contributed by atoms with Gasteiger partial charge in [0.05, 0.1) is 12.1 Å². The van der Waals surface area contributed by atoms with Crippen LogP contribution in [0.3, 0.4) is 0 Å². The minimum atomic E-state index is -0.625. The molecule has 0 aliphatic heterocycles. The van der Waals surface area contributed by atoms with Crippen LogP contribution in [0.15, 0.2) is 28.7 Å². The highest BCUT2D eigenvalue weighted by Crippen LogP contribution is 2.17. The summed E-state index contributed by atoms with van der Waals surface area (Å²) in [4.78, 5) is 13.5. The molecule has 5 heteroatoms. The molecular weight excluding hydrogens is 308 g/mol. The van der Waals surface area contributed by atoms with E-state index in [1.165, 1.54) is 0 Å². The first-order valence-electron chi connectivity index (χ1n) is 6.37. The van der Waals surface area contributed by atoms with Crippen LogP contribution in [0.2, 0.25) is 0 Å². The molecule has 1 aromatic carbocycles. The first-order chi connectivity index (χ1) is 8.95. The largest absolute Gasteiger partial charge is 0.387 e. The second-order valence-electron chi connectivity index (χ2n) is 4.55. The minimum Gasteiger partial charge on any atom is -0.387 e. The Hall–Kier alpha value is -0.910. The van der Waals surface area contributed by atoms with Gasteiger partial charge in [-0.3, -0.25) is 4.79 Å². The van der Waals surface area contributed by atoms with E-state index in [0.717, 1.165) is 10.0 Å². The summed E-state index contributed by atoms with van der Waals surface area (Å²) in [6.45, 7) is 4.77. The van der Waals surface area contributed by atoms with E-state index in [4.69, 9.17) is 0 Å². The van der Waals surface area contributed by atoms with Crippen molar-refractivity contribution in [1.82, 2.24) is 10.2 Å². The summed E-state index contributed by atoms with van der Waals surface area (Å²) in [6.07, 6.45) is -0.625. The van der Waals surface area contributed by atoms with E-state index in [9.17, 15) is 9.90 Å². The van der Waals surface area contributed by atoms with Crippen molar-refractivity contribution in [2.75, 3.05) is 20.1 Å². The van der Waals surface area contributed by atoms with Gasteiger partial charge in [-0.1, -0.05) is 28.1 Å². The summed E-state index contributed by atoms with van der Waals surface area (Å²) in [7, 11) is 1.77. The van der Waals surface area contributed by atoms with Crippen LogP contribution in [-0.2, 0) is 4.79 Å². The highest BCUT2D eigenvalue weighted by atomic mass is 79.9. The summed E-state index contributed by atoms with van der Waals surface area (Å²) < 4.78 is 0.930. The molecule has 0 spiro atoms. The Morgan fingerprint density at radius 3 is 2.79 bits per heavy atom. The molecule has 0 fully saturated rings. The lowest BCUT2D eigenvalue weighted by atomic mass is 10.1. The smallest absolute Gasteiger partial charge is 0.239 e. The summed E-state index contributed by atoms with van der Waals surface area (Å²) in [6, 6.07) is 7.22. The second kappa shape index (κ2) is 7.62. The Morgan fingerprint density at radius 2 is 2.21 bits per heavy atom. The number of nitrogens with one attached hydrogen (secondary N) is 1. The number of hydrogen-bond donors (Lipinski definition) is 2. The number of nitrogens with zero attached hydrogens (tertiary/aromatic N) is 1. The molecule has 0 aliphatic carbocycles. The van der Waals surface area contributed by atoms with Gasteiger partial charge < -0.3 is 15.3 Å². The number of benzene rings is 1. The number of aliphatic hydroxyl groups is 1. The van der Waals surface area contributed by atoms with Gasteiger partial charge in [0.1, 0.15) is 0 Å². The lowest BCUT2D eigenvalue weighted by Gasteiger charge is -2.22. The van der Waals surface area contributed by atoms with E-state index in [2.05, 4.69) is 21.2 Å². The van der Waals surface area contributed by atoms with Gasteiger partial charge in [-0.25, -0.2) is 0 Å². The van der Waals surface area contributed by atoms with Crippen LogP contribution in [-0.4, -0.2) is 42.1 Å². The average molecular weight is 329 g/mol. The number of carbonyl (C=O) groups excluding carboxylic acids is 1. The molecule has 0 aromatic heterocycles. The lowest BCUT2D eigenvalue weighted by Crippen LogP contribution is -2.44. The summed E-state index contributed by atoms with van der Waals surface area (Å²) in [5, 5.41) is 13.1. The third-order valence-electron chi connectivity index (χ3n) is 3.07. The van der Waals surface area contributed by atoms with Crippen LogP contribution in [0.5, 0.6) is 0 Å². The lowest BCUT2D eigenvalue weighted by molar-refractivity contribution is -0.131. The normalized spacial score (nSPS) is 13.9. The fraction of sp³-hybridized carbons (Fsp3) is 0.500. The van der Waals surface area contributed by atoms with E-state index in [1.54, 1.807) is 11.9 Å². The third kappa shape index (κ3) is 4.93. The van der Waals surface area contributed by atoms with Crippen LogP contribution in [0, 0.1) is 0 Å². The van der Waals surface area contributed by atoms with Crippen molar-refractivity contribution >= 4 is 21.8 Å². The summed E-state index contributed by atoms with van der Waals surface area (Å²) >= 11 is 3.37. The maximum absolute atomic E-state index is 11.9. The third-order valence-corrected chi connectivity index (χ3v) is 3.57. The molecule has 0 saturated heterocycles. The second-order valence-corrected chi connectivity index (χ2v) is 5.47. The molecule has 0 radical (unpaired) electrons. The number of likely N-dealkylation sites (N-methyl/N-ethyl adjacent to an activating group) is 1. The fourth-order valence-electron chi connectivity index (χ4n) is 1.69. The molecule has 2 unspecified atom stereocenters. The highest BCUT2D eigenvalue weighted by molar-refractivity contribution is 9.10. The molecular formula is C14H21BrN2O2. The van der Waals surface area contributed by atoms with Crippen LogP contribution in [0.4, 0.5) is 0 Å². The monoisotopic (exact) mass is 328 g/mol. The molecule has 0 heterocycles. The van der Waals surface area contributed by atoms with E-state index in [1.807, 2.05) is 38.1 Å². The predicted octanol–water partition coefficient (Wildman–Crippen LogP) is 1.94. The molecule has 0 aliphatic rings. The first kappa shape index (κ1) is 16.1. The van der Waals surface area contributed by atoms with Gasteiger partial charge in [-0.2, -0.15) is 0 Å². The topological polar surface area (TPSA) is 52.6 Å². The molecule has 4 nitrogen and oxygen atoms in total. The number of hydrogen-bond acceptors (Lipinski definition) is 3. The van der Waals surface area contributed by atoms with Crippen LogP contribution < -0.4 is 5.32 Å². The maximum Gasteiger partial charge on any atom is 0.239 e. The Bertz CT molecular complexity index is 426. The van der Waals surface area contributed by atoms with Crippen molar-refractivity contribution in [2.45, 2.75) is 26.0 Å². The molecule has 2 atom stereocenters. The summed E-state index contributed by atoms with van der Waals surface area (Å²) in [5.74, 6) is 0.0314. The molecule has 106 valence electrons. The standard InChI is InChI=1S/C14H21BrN2O2/c1-4-17(3)14(19)10(2)16-9-13(18)11-6-5-7-12(15)8-11/h5-8,10,13,16,18H,4,9H2,1-3H3. The SMILES string of the molecule is CCN(C)C(=O)C(C)NCC(O)c1cccc(Br)c1. The number of carbonyl (C=O) groups is 1. The van der Waals surface area contributed by atoms with Crippen molar-refractivity contribution in [1.29, 1.82) is 0 Å². The van der Waals surface area contributed by atoms with Gasteiger partial charge in [0, 0.05) is 24.6 Å². The van der Waals surface area contributed by atoms with E-state index >= 15 is 0 Å².